The average Bonchev–Trinajstić information content (AvgIpc) is 2.30. The molecule has 0 bridgehead atoms. The molecule has 0 fully saturated rings. The number of rotatable bonds is 5. The van der Waals surface area contributed by atoms with Gasteiger partial charge in [0.2, 0.25) is 5.91 Å². The Balaban J connectivity index is 2.37. The third-order valence-electron chi connectivity index (χ3n) is 2.10. The van der Waals surface area contributed by atoms with Crippen molar-refractivity contribution in [2.75, 3.05) is 13.1 Å². The van der Waals surface area contributed by atoms with Gasteiger partial charge in [0, 0.05) is 12.4 Å². The quantitative estimate of drug-likeness (QED) is 0.557. The highest BCUT2D eigenvalue weighted by Crippen LogP contribution is 2.09. The molecule has 1 aromatic heterocycles. The second kappa shape index (κ2) is 6.59. The minimum absolute atomic E-state index is 0.0249. The first-order valence-electron chi connectivity index (χ1n) is 5.07. The summed E-state index contributed by atoms with van der Waals surface area (Å²) in [6, 6.07) is 3.72. The number of carbonyl (C=O) groups is 1. The topological polar surface area (TPSA) is 54.0 Å². The Morgan fingerprint density at radius 2 is 2.25 bits per heavy atom. The maximum Gasteiger partial charge on any atom is 0.234 e. The predicted octanol–water partition coefficient (Wildman–Crippen LogP) is 0.482. The van der Waals surface area contributed by atoms with E-state index in [0.29, 0.717) is 6.54 Å². The smallest absolute Gasteiger partial charge is 0.234 e. The lowest BCUT2D eigenvalue weighted by Gasteiger charge is -2.13. The molecule has 2 N–H and O–H groups in total. The van der Waals surface area contributed by atoms with Gasteiger partial charge in [-0.15, -0.1) is 6.42 Å². The fourth-order valence-electron chi connectivity index (χ4n) is 1.28. The normalized spacial score (nSPS) is 11.5. The standard InChI is InChI=1S/C12H15N3O/c1-3-6-14-9-12(16)15-10(2)11-4-7-13-8-5-11/h1,4-5,7-8,10,14H,6,9H2,2H3,(H,15,16)/t10-/m0/s1. The summed E-state index contributed by atoms with van der Waals surface area (Å²) in [5.41, 5.74) is 1.03. The third-order valence-corrected chi connectivity index (χ3v) is 2.10. The van der Waals surface area contributed by atoms with Crippen LogP contribution in [0.4, 0.5) is 0 Å². The van der Waals surface area contributed by atoms with E-state index in [1.807, 2.05) is 19.1 Å². The molecule has 0 unspecified atom stereocenters. The molecule has 0 aliphatic carbocycles. The number of pyridine rings is 1. The molecule has 0 aliphatic heterocycles. The van der Waals surface area contributed by atoms with Crippen molar-refractivity contribution in [1.82, 2.24) is 15.6 Å². The van der Waals surface area contributed by atoms with Crippen molar-refractivity contribution in [2.45, 2.75) is 13.0 Å². The number of aromatic nitrogens is 1. The van der Waals surface area contributed by atoms with Crippen molar-refractivity contribution >= 4 is 5.91 Å². The van der Waals surface area contributed by atoms with Gasteiger partial charge in [0.15, 0.2) is 0 Å². The largest absolute Gasteiger partial charge is 0.348 e. The van der Waals surface area contributed by atoms with E-state index < -0.39 is 0 Å². The van der Waals surface area contributed by atoms with Crippen molar-refractivity contribution in [1.29, 1.82) is 0 Å². The summed E-state index contributed by atoms with van der Waals surface area (Å²) in [6.45, 7) is 2.56. The molecule has 1 atom stereocenters. The Hall–Kier alpha value is -1.86. The summed E-state index contributed by atoms with van der Waals surface area (Å²) in [5, 5.41) is 5.69. The van der Waals surface area contributed by atoms with Gasteiger partial charge < -0.3 is 5.32 Å². The number of carbonyl (C=O) groups excluding carboxylic acids is 1. The van der Waals surface area contributed by atoms with Gasteiger partial charge in [0.1, 0.15) is 0 Å². The van der Waals surface area contributed by atoms with Crippen molar-refractivity contribution in [3.63, 3.8) is 0 Å². The predicted molar refractivity (Wildman–Crippen MR) is 62.5 cm³/mol. The maximum absolute atomic E-state index is 11.4. The van der Waals surface area contributed by atoms with E-state index in [9.17, 15) is 4.79 Å². The molecule has 4 heteroatoms. The van der Waals surface area contributed by atoms with E-state index in [-0.39, 0.29) is 18.5 Å². The highest BCUT2D eigenvalue weighted by atomic mass is 16.1. The number of hydrogen-bond acceptors (Lipinski definition) is 3. The second-order valence-corrected chi connectivity index (χ2v) is 3.38. The molecular weight excluding hydrogens is 202 g/mol. The molecule has 0 aliphatic rings. The molecule has 84 valence electrons. The Bertz CT molecular complexity index is 370. The Morgan fingerprint density at radius 3 is 2.88 bits per heavy atom. The Labute approximate surface area is 95.5 Å². The summed E-state index contributed by atoms with van der Waals surface area (Å²) < 4.78 is 0. The van der Waals surface area contributed by atoms with Crippen LogP contribution in [0.5, 0.6) is 0 Å². The number of nitrogens with zero attached hydrogens (tertiary/aromatic N) is 1. The van der Waals surface area contributed by atoms with Crippen LogP contribution in [0.15, 0.2) is 24.5 Å². The zero-order chi connectivity index (χ0) is 11.8. The molecule has 0 saturated carbocycles. The van der Waals surface area contributed by atoms with E-state index in [1.165, 1.54) is 0 Å². The number of nitrogens with one attached hydrogen (secondary N) is 2. The fraction of sp³-hybridized carbons (Fsp3) is 0.333. The summed E-state index contributed by atoms with van der Waals surface area (Å²) in [7, 11) is 0. The first-order chi connectivity index (χ1) is 7.74. The van der Waals surface area contributed by atoms with Gasteiger partial charge in [-0.1, -0.05) is 5.92 Å². The van der Waals surface area contributed by atoms with Gasteiger partial charge in [-0.25, -0.2) is 0 Å². The third kappa shape index (κ3) is 4.11. The van der Waals surface area contributed by atoms with E-state index in [0.717, 1.165) is 5.56 Å². The fourth-order valence-corrected chi connectivity index (χ4v) is 1.28. The Kier molecular flexibility index (Phi) is 5.03. The van der Waals surface area contributed by atoms with Gasteiger partial charge >= 0.3 is 0 Å². The average molecular weight is 217 g/mol. The van der Waals surface area contributed by atoms with Crippen molar-refractivity contribution in [3.8, 4) is 12.3 Å². The Morgan fingerprint density at radius 1 is 1.56 bits per heavy atom. The van der Waals surface area contributed by atoms with Gasteiger partial charge in [0.25, 0.3) is 0 Å². The first-order valence-corrected chi connectivity index (χ1v) is 5.07. The van der Waals surface area contributed by atoms with Crippen LogP contribution in [0.2, 0.25) is 0 Å². The van der Waals surface area contributed by atoms with Crippen LogP contribution >= 0.6 is 0 Å². The molecule has 0 spiro atoms. The minimum Gasteiger partial charge on any atom is -0.348 e. The lowest BCUT2D eigenvalue weighted by Crippen LogP contribution is -2.35. The lowest BCUT2D eigenvalue weighted by atomic mass is 10.1. The van der Waals surface area contributed by atoms with Gasteiger partial charge in [0.05, 0.1) is 19.1 Å². The molecule has 0 aromatic carbocycles. The minimum atomic E-state index is -0.0698. The SMILES string of the molecule is C#CCNCC(=O)N[C@@H](C)c1ccncc1. The number of terminal acetylenes is 1. The van der Waals surface area contributed by atoms with Crippen LogP contribution in [0, 0.1) is 12.3 Å². The molecule has 1 heterocycles. The zero-order valence-electron chi connectivity index (χ0n) is 9.23. The highest BCUT2D eigenvalue weighted by molar-refractivity contribution is 5.78. The van der Waals surface area contributed by atoms with E-state index in [4.69, 9.17) is 6.42 Å². The second-order valence-electron chi connectivity index (χ2n) is 3.38. The molecule has 16 heavy (non-hydrogen) atoms. The number of amides is 1. The molecular formula is C12H15N3O. The maximum atomic E-state index is 11.4. The van der Waals surface area contributed by atoms with Crippen LogP contribution in [0.3, 0.4) is 0 Å². The summed E-state index contributed by atoms with van der Waals surface area (Å²) in [4.78, 5) is 15.4. The summed E-state index contributed by atoms with van der Waals surface area (Å²) >= 11 is 0. The van der Waals surface area contributed by atoms with E-state index in [2.05, 4.69) is 21.5 Å². The highest BCUT2D eigenvalue weighted by Gasteiger charge is 2.08. The van der Waals surface area contributed by atoms with Crippen LogP contribution in [-0.2, 0) is 4.79 Å². The molecule has 0 saturated heterocycles. The summed E-state index contributed by atoms with van der Waals surface area (Å²) in [5.74, 6) is 2.34. The van der Waals surface area contributed by atoms with Crippen LogP contribution in [0.25, 0.3) is 0 Å². The summed E-state index contributed by atoms with van der Waals surface area (Å²) in [6.07, 6.45) is 8.46. The molecule has 1 amide bonds. The van der Waals surface area contributed by atoms with E-state index >= 15 is 0 Å². The molecule has 1 aromatic rings. The first kappa shape index (κ1) is 12.2. The van der Waals surface area contributed by atoms with Crippen LogP contribution in [0.1, 0.15) is 18.5 Å². The van der Waals surface area contributed by atoms with Gasteiger partial charge in [-0.2, -0.15) is 0 Å². The molecule has 1 rings (SSSR count). The lowest BCUT2D eigenvalue weighted by molar-refractivity contribution is -0.120. The van der Waals surface area contributed by atoms with Gasteiger partial charge in [-0.05, 0) is 24.6 Å². The van der Waals surface area contributed by atoms with Crippen LogP contribution in [-0.4, -0.2) is 24.0 Å². The van der Waals surface area contributed by atoms with Crippen molar-refractivity contribution < 1.29 is 4.79 Å². The van der Waals surface area contributed by atoms with Crippen molar-refractivity contribution in [3.05, 3.63) is 30.1 Å². The monoisotopic (exact) mass is 217 g/mol. The van der Waals surface area contributed by atoms with Crippen molar-refractivity contribution in [2.24, 2.45) is 0 Å². The van der Waals surface area contributed by atoms with E-state index in [1.54, 1.807) is 12.4 Å². The van der Waals surface area contributed by atoms with Gasteiger partial charge in [-0.3, -0.25) is 15.1 Å². The molecule has 0 radical (unpaired) electrons. The molecule has 4 nitrogen and oxygen atoms in total. The zero-order valence-corrected chi connectivity index (χ0v) is 9.23. The number of hydrogen-bond donors (Lipinski definition) is 2. The van der Waals surface area contributed by atoms with Crippen LogP contribution < -0.4 is 10.6 Å².